The standard InChI is InChI=1S/C15H22FNO/c1-11-3-2-4-13(7-5-11)17-10-12-6-8-15(18)14(16)9-12/h6,8-9,11,13,17-18H,2-5,7,10H2,1H3. The molecule has 1 aliphatic rings. The van der Waals surface area contributed by atoms with Crippen LogP contribution in [0.1, 0.15) is 44.6 Å². The van der Waals surface area contributed by atoms with Crippen LogP contribution in [0.5, 0.6) is 5.75 Å². The highest BCUT2D eigenvalue weighted by molar-refractivity contribution is 5.27. The molecule has 0 heterocycles. The van der Waals surface area contributed by atoms with E-state index in [2.05, 4.69) is 12.2 Å². The van der Waals surface area contributed by atoms with Crippen molar-refractivity contribution in [2.24, 2.45) is 5.92 Å². The van der Waals surface area contributed by atoms with Gasteiger partial charge in [0.15, 0.2) is 11.6 Å². The summed E-state index contributed by atoms with van der Waals surface area (Å²) >= 11 is 0. The van der Waals surface area contributed by atoms with E-state index in [0.29, 0.717) is 12.6 Å². The quantitative estimate of drug-likeness (QED) is 0.805. The number of hydrogen-bond acceptors (Lipinski definition) is 2. The second-order valence-corrected chi connectivity index (χ2v) is 5.48. The summed E-state index contributed by atoms with van der Waals surface area (Å²) in [5.41, 5.74) is 0.891. The summed E-state index contributed by atoms with van der Waals surface area (Å²) in [6, 6.07) is 5.14. The van der Waals surface area contributed by atoms with E-state index in [-0.39, 0.29) is 5.75 Å². The van der Waals surface area contributed by atoms with Crippen molar-refractivity contribution >= 4 is 0 Å². The lowest BCUT2D eigenvalue weighted by Crippen LogP contribution is -2.27. The highest BCUT2D eigenvalue weighted by Gasteiger charge is 2.15. The molecule has 3 heteroatoms. The predicted molar refractivity (Wildman–Crippen MR) is 70.9 cm³/mol. The fourth-order valence-electron chi connectivity index (χ4n) is 2.61. The van der Waals surface area contributed by atoms with E-state index in [0.717, 1.165) is 11.5 Å². The van der Waals surface area contributed by atoms with Crippen molar-refractivity contribution in [1.82, 2.24) is 5.32 Å². The smallest absolute Gasteiger partial charge is 0.165 e. The molecule has 0 aromatic heterocycles. The molecule has 100 valence electrons. The molecule has 0 amide bonds. The topological polar surface area (TPSA) is 32.3 Å². The monoisotopic (exact) mass is 251 g/mol. The van der Waals surface area contributed by atoms with Crippen LogP contribution in [0.2, 0.25) is 0 Å². The van der Waals surface area contributed by atoms with Crippen molar-refractivity contribution in [2.75, 3.05) is 0 Å². The Balaban J connectivity index is 1.85. The molecule has 2 N–H and O–H groups in total. The van der Waals surface area contributed by atoms with Crippen molar-refractivity contribution in [1.29, 1.82) is 0 Å². The Morgan fingerprint density at radius 3 is 2.89 bits per heavy atom. The van der Waals surface area contributed by atoms with Crippen LogP contribution in [0.4, 0.5) is 4.39 Å². The van der Waals surface area contributed by atoms with Crippen molar-refractivity contribution in [3.8, 4) is 5.75 Å². The number of halogens is 1. The molecule has 18 heavy (non-hydrogen) atoms. The van der Waals surface area contributed by atoms with E-state index in [4.69, 9.17) is 5.11 Å². The Morgan fingerprint density at radius 2 is 2.11 bits per heavy atom. The van der Waals surface area contributed by atoms with Crippen LogP contribution >= 0.6 is 0 Å². The third kappa shape index (κ3) is 3.70. The van der Waals surface area contributed by atoms with Gasteiger partial charge in [-0.1, -0.05) is 25.8 Å². The normalized spacial score (nSPS) is 24.8. The van der Waals surface area contributed by atoms with Gasteiger partial charge in [-0.15, -0.1) is 0 Å². The minimum absolute atomic E-state index is 0.276. The SMILES string of the molecule is CC1CCCC(NCc2ccc(O)c(F)c2)CC1. The second kappa shape index (κ2) is 6.19. The number of aromatic hydroxyl groups is 1. The number of phenolic OH excluding ortho intramolecular Hbond substituents is 1. The zero-order valence-electron chi connectivity index (χ0n) is 11.0. The number of phenols is 1. The Labute approximate surface area is 108 Å². The zero-order valence-corrected chi connectivity index (χ0v) is 11.0. The van der Waals surface area contributed by atoms with Crippen molar-refractivity contribution in [3.63, 3.8) is 0 Å². The molecule has 0 bridgehead atoms. The van der Waals surface area contributed by atoms with E-state index < -0.39 is 5.82 Å². The number of hydrogen-bond donors (Lipinski definition) is 2. The Bertz CT molecular complexity index is 394. The van der Waals surface area contributed by atoms with Crippen LogP contribution in [-0.4, -0.2) is 11.1 Å². The van der Waals surface area contributed by atoms with E-state index >= 15 is 0 Å². The molecule has 2 atom stereocenters. The average molecular weight is 251 g/mol. The van der Waals surface area contributed by atoms with Gasteiger partial charge >= 0.3 is 0 Å². The lowest BCUT2D eigenvalue weighted by molar-refractivity contribution is 0.428. The van der Waals surface area contributed by atoms with E-state index in [9.17, 15) is 4.39 Å². The molecule has 1 saturated carbocycles. The van der Waals surface area contributed by atoms with Crippen molar-refractivity contribution in [3.05, 3.63) is 29.6 Å². The maximum Gasteiger partial charge on any atom is 0.165 e. The Kier molecular flexibility index (Phi) is 4.59. The van der Waals surface area contributed by atoms with E-state index in [1.54, 1.807) is 6.07 Å². The summed E-state index contributed by atoms with van der Waals surface area (Å²) in [7, 11) is 0. The molecule has 0 saturated heterocycles. The van der Waals surface area contributed by atoms with Gasteiger partial charge in [-0.25, -0.2) is 4.39 Å². The van der Waals surface area contributed by atoms with Gasteiger partial charge in [-0.3, -0.25) is 0 Å². The van der Waals surface area contributed by atoms with Gasteiger partial charge in [0.1, 0.15) is 0 Å². The van der Waals surface area contributed by atoms with Gasteiger partial charge in [0.05, 0.1) is 0 Å². The molecule has 1 fully saturated rings. The average Bonchev–Trinajstić information content (AvgIpc) is 2.56. The summed E-state index contributed by atoms with van der Waals surface area (Å²) in [6.07, 6.45) is 6.31. The van der Waals surface area contributed by atoms with Crippen LogP contribution in [-0.2, 0) is 6.54 Å². The molecule has 0 aliphatic heterocycles. The molecular formula is C15H22FNO. The fraction of sp³-hybridized carbons (Fsp3) is 0.600. The first-order valence-electron chi connectivity index (χ1n) is 6.86. The molecule has 0 spiro atoms. The lowest BCUT2D eigenvalue weighted by atomic mass is 10.0. The first-order valence-corrected chi connectivity index (χ1v) is 6.86. The third-order valence-electron chi connectivity index (χ3n) is 3.86. The maximum absolute atomic E-state index is 13.2. The van der Waals surface area contributed by atoms with Gasteiger partial charge in [0.25, 0.3) is 0 Å². The van der Waals surface area contributed by atoms with Gasteiger partial charge in [0, 0.05) is 12.6 Å². The van der Waals surface area contributed by atoms with Crippen molar-refractivity contribution < 1.29 is 9.50 Å². The van der Waals surface area contributed by atoms with Crippen LogP contribution in [0.3, 0.4) is 0 Å². The molecule has 1 aliphatic carbocycles. The lowest BCUT2D eigenvalue weighted by Gasteiger charge is -2.16. The summed E-state index contributed by atoms with van der Waals surface area (Å²) in [4.78, 5) is 0. The molecule has 2 rings (SSSR count). The number of nitrogens with one attached hydrogen (secondary N) is 1. The third-order valence-corrected chi connectivity index (χ3v) is 3.86. The fourth-order valence-corrected chi connectivity index (χ4v) is 2.61. The molecule has 1 aromatic carbocycles. The zero-order chi connectivity index (χ0) is 13.0. The number of benzene rings is 1. The Hall–Kier alpha value is -1.09. The maximum atomic E-state index is 13.2. The molecule has 2 nitrogen and oxygen atoms in total. The van der Waals surface area contributed by atoms with Crippen LogP contribution in [0.25, 0.3) is 0 Å². The predicted octanol–water partition coefficient (Wildman–Crippen LogP) is 3.59. The minimum atomic E-state index is -0.538. The van der Waals surface area contributed by atoms with Crippen molar-refractivity contribution in [2.45, 2.75) is 51.6 Å². The first-order chi connectivity index (χ1) is 8.65. The van der Waals surface area contributed by atoms with Gasteiger partial charge < -0.3 is 10.4 Å². The molecular weight excluding hydrogens is 229 g/mol. The number of rotatable bonds is 3. The first kappa shape index (κ1) is 13.3. The summed E-state index contributed by atoms with van der Waals surface area (Å²) in [6.45, 7) is 2.99. The molecule has 1 aromatic rings. The summed E-state index contributed by atoms with van der Waals surface area (Å²) in [5, 5.41) is 12.6. The Morgan fingerprint density at radius 1 is 1.28 bits per heavy atom. The van der Waals surface area contributed by atoms with Gasteiger partial charge in [-0.2, -0.15) is 0 Å². The minimum Gasteiger partial charge on any atom is -0.505 e. The highest BCUT2D eigenvalue weighted by atomic mass is 19.1. The van der Waals surface area contributed by atoms with Gasteiger partial charge in [-0.05, 0) is 42.9 Å². The van der Waals surface area contributed by atoms with E-state index in [1.165, 1.54) is 44.2 Å². The van der Waals surface area contributed by atoms with Gasteiger partial charge in [0.2, 0.25) is 0 Å². The largest absolute Gasteiger partial charge is 0.505 e. The van der Waals surface area contributed by atoms with E-state index in [1.807, 2.05) is 0 Å². The molecule has 0 radical (unpaired) electrons. The summed E-state index contributed by atoms with van der Waals surface area (Å²) in [5.74, 6) is 0.0220. The molecule has 2 unspecified atom stereocenters. The highest BCUT2D eigenvalue weighted by Crippen LogP contribution is 2.23. The second-order valence-electron chi connectivity index (χ2n) is 5.48. The van der Waals surface area contributed by atoms with Crippen LogP contribution in [0, 0.1) is 11.7 Å². The van der Waals surface area contributed by atoms with Crippen LogP contribution in [0.15, 0.2) is 18.2 Å². The van der Waals surface area contributed by atoms with Crippen LogP contribution < -0.4 is 5.32 Å². The summed E-state index contributed by atoms with van der Waals surface area (Å²) < 4.78 is 13.2.